The molecule has 0 saturated heterocycles. The summed E-state index contributed by atoms with van der Waals surface area (Å²) in [6.45, 7) is 2.55. The smallest absolute Gasteiger partial charge is 0.315 e. The minimum atomic E-state index is -0.483. The Morgan fingerprint density at radius 1 is 1.47 bits per heavy atom. The zero-order valence-corrected chi connectivity index (χ0v) is 11.5. The van der Waals surface area contributed by atoms with E-state index in [-0.39, 0.29) is 17.6 Å². The molecule has 1 atom stereocenters. The Morgan fingerprint density at radius 3 is 2.84 bits per heavy atom. The summed E-state index contributed by atoms with van der Waals surface area (Å²) in [6, 6.07) is 3.96. The van der Waals surface area contributed by atoms with E-state index in [2.05, 4.69) is 10.6 Å². The average Bonchev–Trinajstić information content (AvgIpc) is 2.40. The van der Waals surface area contributed by atoms with Gasteiger partial charge >= 0.3 is 6.03 Å². The fraction of sp³-hybridized carbons (Fsp3) is 0.462. The van der Waals surface area contributed by atoms with Crippen LogP contribution in [-0.4, -0.2) is 23.8 Å². The van der Waals surface area contributed by atoms with Crippen LogP contribution in [0.15, 0.2) is 18.2 Å². The highest BCUT2D eigenvalue weighted by molar-refractivity contribution is 6.30. The van der Waals surface area contributed by atoms with Gasteiger partial charge in [-0.25, -0.2) is 9.18 Å². The van der Waals surface area contributed by atoms with Gasteiger partial charge in [-0.2, -0.15) is 0 Å². The maximum atomic E-state index is 12.9. The first-order valence-corrected chi connectivity index (χ1v) is 6.54. The molecule has 1 aromatic rings. The number of aliphatic hydroxyl groups excluding tert-OH is 1. The van der Waals surface area contributed by atoms with Gasteiger partial charge in [-0.15, -0.1) is 0 Å². The number of hydrogen-bond donors (Lipinski definition) is 3. The van der Waals surface area contributed by atoms with Crippen molar-refractivity contribution in [3.05, 3.63) is 34.6 Å². The molecule has 106 valence electrons. The highest BCUT2D eigenvalue weighted by Crippen LogP contribution is 2.15. The van der Waals surface area contributed by atoms with Crippen molar-refractivity contribution in [1.82, 2.24) is 10.6 Å². The molecule has 1 aromatic carbocycles. The topological polar surface area (TPSA) is 61.4 Å². The van der Waals surface area contributed by atoms with Crippen molar-refractivity contribution >= 4 is 17.6 Å². The molecule has 0 heterocycles. The molecular formula is C13H18ClFN2O2. The molecule has 6 heteroatoms. The third-order valence-corrected chi connectivity index (χ3v) is 2.96. The minimum Gasteiger partial charge on any atom is -0.393 e. The van der Waals surface area contributed by atoms with Crippen LogP contribution in [0.25, 0.3) is 0 Å². The first-order valence-electron chi connectivity index (χ1n) is 6.16. The molecule has 3 N–H and O–H groups in total. The predicted molar refractivity (Wildman–Crippen MR) is 72.6 cm³/mol. The van der Waals surface area contributed by atoms with Gasteiger partial charge in [0.1, 0.15) is 5.82 Å². The van der Waals surface area contributed by atoms with Crippen LogP contribution >= 0.6 is 11.6 Å². The largest absolute Gasteiger partial charge is 0.393 e. The summed E-state index contributed by atoms with van der Waals surface area (Å²) in [4.78, 5) is 11.4. The molecular weight excluding hydrogens is 271 g/mol. The molecule has 0 aliphatic rings. The Bertz CT molecular complexity index is 429. The van der Waals surface area contributed by atoms with E-state index in [1.54, 1.807) is 6.07 Å². The normalized spacial score (nSPS) is 12.0. The van der Waals surface area contributed by atoms with Crippen LogP contribution < -0.4 is 10.6 Å². The number of halogens is 2. The van der Waals surface area contributed by atoms with Crippen molar-refractivity contribution in [1.29, 1.82) is 0 Å². The van der Waals surface area contributed by atoms with E-state index < -0.39 is 11.9 Å². The molecule has 19 heavy (non-hydrogen) atoms. The van der Waals surface area contributed by atoms with Crippen LogP contribution in [0.3, 0.4) is 0 Å². The first kappa shape index (κ1) is 15.7. The molecule has 0 aliphatic carbocycles. The van der Waals surface area contributed by atoms with Crippen LogP contribution in [0.4, 0.5) is 9.18 Å². The fourth-order valence-corrected chi connectivity index (χ4v) is 1.65. The van der Waals surface area contributed by atoms with E-state index in [1.165, 1.54) is 12.1 Å². The predicted octanol–water partition coefficient (Wildman–Crippen LogP) is 2.44. The standard InChI is InChI=1S/C13H18ClFN2O2/c1-2-10(18)5-6-16-13(19)17-8-9-3-4-12(15)11(14)7-9/h3-4,7,10,18H,2,5-6,8H2,1H3,(H2,16,17,19). The Hall–Kier alpha value is -1.33. The lowest BCUT2D eigenvalue weighted by Gasteiger charge is -2.10. The van der Waals surface area contributed by atoms with Crippen LogP contribution in [0.2, 0.25) is 5.02 Å². The second-order valence-electron chi connectivity index (χ2n) is 4.21. The number of aliphatic hydroxyl groups is 1. The Balaban J connectivity index is 2.28. The maximum absolute atomic E-state index is 12.9. The van der Waals surface area contributed by atoms with Gasteiger partial charge in [0.25, 0.3) is 0 Å². The number of carbonyl (C=O) groups excluding carboxylic acids is 1. The second kappa shape index (κ2) is 7.96. The second-order valence-corrected chi connectivity index (χ2v) is 4.62. The Morgan fingerprint density at radius 2 is 2.21 bits per heavy atom. The van der Waals surface area contributed by atoms with Crippen LogP contribution in [-0.2, 0) is 6.54 Å². The quantitative estimate of drug-likeness (QED) is 0.753. The lowest BCUT2D eigenvalue weighted by molar-refractivity contribution is 0.160. The molecule has 2 amide bonds. The van der Waals surface area contributed by atoms with Crippen LogP contribution in [0.1, 0.15) is 25.3 Å². The third kappa shape index (κ3) is 5.89. The van der Waals surface area contributed by atoms with Crippen molar-refractivity contribution in [2.24, 2.45) is 0 Å². The molecule has 0 radical (unpaired) electrons. The molecule has 0 fully saturated rings. The van der Waals surface area contributed by atoms with Crippen LogP contribution in [0.5, 0.6) is 0 Å². The number of hydrogen-bond acceptors (Lipinski definition) is 2. The van der Waals surface area contributed by atoms with Gasteiger partial charge in [0.05, 0.1) is 11.1 Å². The monoisotopic (exact) mass is 288 g/mol. The number of carbonyl (C=O) groups is 1. The summed E-state index contributed by atoms with van der Waals surface area (Å²) >= 11 is 5.63. The van der Waals surface area contributed by atoms with Gasteiger partial charge in [-0.1, -0.05) is 24.6 Å². The van der Waals surface area contributed by atoms with Gasteiger partial charge in [0.15, 0.2) is 0 Å². The average molecular weight is 289 g/mol. The number of nitrogens with one attached hydrogen (secondary N) is 2. The van der Waals surface area contributed by atoms with Crippen molar-refractivity contribution in [3.63, 3.8) is 0 Å². The zero-order valence-electron chi connectivity index (χ0n) is 10.7. The van der Waals surface area contributed by atoms with E-state index in [0.717, 1.165) is 5.56 Å². The number of rotatable bonds is 6. The number of amides is 2. The molecule has 0 spiro atoms. The molecule has 0 saturated carbocycles. The summed E-state index contributed by atoms with van der Waals surface area (Å²) in [6.07, 6.45) is 0.792. The molecule has 1 rings (SSSR count). The van der Waals surface area contributed by atoms with Gasteiger partial charge in [0, 0.05) is 13.1 Å². The molecule has 0 aliphatic heterocycles. The summed E-state index contributed by atoms with van der Waals surface area (Å²) in [5.41, 5.74) is 0.718. The lowest BCUT2D eigenvalue weighted by atomic mass is 10.2. The molecule has 4 nitrogen and oxygen atoms in total. The van der Waals surface area contributed by atoms with Crippen molar-refractivity contribution in [2.45, 2.75) is 32.4 Å². The van der Waals surface area contributed by atoms with E-state index >= 15 is 0 Å². The van der Waals surface area contributed by atoms with E-state index in [1.807, 2.05) is 6.92 Å². The van der Waals surface area contributed by atoms with E-state index in [4.69, 9.17) is 11.6 Å². The highest BCUT2D eigenvalue weighted by atomic mass is 35.5. The third-order valence-electron chi connectivity index (χ3n) is 2.67. The summed E-state index contributed by atoms with van der Waals surface area (Å²) < 4.78 is 12.9. The van der Waals surface area contributed by atoms with Crippen molar-refractivity contribution < 1.29 is 14.3 Å². The van der Waals surface area contributed by atoms with Gasteiger partial charge < -0.3 is 15.7 Å². The van der Waals surface area contributed by atoms with Crippen LogP contribution in [0, 0.1) is 5.82 Å². The number of benzene rings is 1. The molecule has 0 bridgehead atoms. The zero-order chi connectivity index (χ0) is 14.3. The van der Waals surface area contributed by atoms with Gasteiger partial charge in [-0.3, -0.25) is 0 Å². The Kier molecular flexibility index (Phi) is 6.59. The lowest BCUT2D eigenvalue weighted by Crippen LogP contribution is -2.36. The Labute approximate surface area is 117 Å². The van der Waals surface area contributed by atoms with E-state index in [0.29, 0.717) is 19.4 Å². The summed E-state index contributed by atoms with van der Waals surface area (Å²) in [5, 5.41) is 14.6. The summed E-state index contributed by atoms with van der Waals surface area (Å²) in [7, 11) is 0. The van der Waals surface area contributed by atoms with Gasteiger partial charge in [0.2, 0.25) is 0 Å². The SMILES string of the molecule is CCC(O)CCNC(=O)NCc1ccc(F)c(Cl)c1. The minimum absolute atomic E-state index is 0.0331. The van der Waals surface area contributed by atoms with E-state index in [9.17, 15) is 14.3 Å². The molecule has 0 aromatic heterocycles. The van der Waals surface area contributed by atoms with Gasteiger partial charge in [-0.05, 0) is 30.5 Å². The number of urea groups is 1. The highest BCUT2D eigenvalue weighted by Gasteiger charge is 2.05. The fourth-order valence-electron chi connectivity index (χ4n) is 1.45. The summed E-state index contributed by atoms with van der Waals surface area (Å²) in [5.74, 6) is -0.483. The van der Waals surface area contributed by atoms with Crippen molar-refractivity contribution in [2.75, 3.05) is 6.54 Å². The van der Waals surface area contributed by atoms with Crippen molar-refractivity contribution in [3.8, 4) is 0 Å². The maximum Gasteiger partial charge on any atom is 0.315 e. The molecule has 1 unspecified atom stereocenters. The first-order chi connectivity index (χ1) is 9.02.